The van der Waals surface area contributed by atoms with Crippen molar-refractivity contribution < 1.29 is 14.7 Å². The number of piperidine rings is 1. The highest BCUT2D eigenvalue weighted by atomic mass is 16.4. The second kappa shape index (κ2) is 6.60. The molecule has 0 radical (unpaired) electrons. The highest BCUT2D eigenvalue weighted by Crippen LogP contribution is 2.24. The van der Waals surface area contributed by atoms with Gasteiger partial charge >= 0.3 is 5.97 Å². The normalized spacial score (nSPS) is 17.7. The molecule has 1 N–H and O–H groups in total. The topological polar surface area (TPSA) is 70.5 Å². The third-order valence-electron chi connectivity index (χ3n) is 4.17. The number of rotatable bonds is 4. The van der Waals surface area contributed by atoms with E-state index in [-0.39, 0.29) is 17.3 Å². The molecule has 23 heavy (non-hydrogen) atoms. The number of hydrogen-bond acceptors (Lipinski definition) is 4. The van der Waals surface area contributed by atoms with E-state index in [4.69, 9.17) is 5.11 Å². The van der Waals surface area contributed by atoms with E-state index in [0.29, 0.717) is 6.54 Å². The van der Waals surface area contributed by atoms with E-state index < -0.39 is 5.97 Å². The molecule has 1 unspecified atom stereocenters. The minimum atomic E-state index is -0.986. The van der Waals surface area contributed by atoms with E-state index >= 15 is 0 Å². The number of benzene rings is 1. The molecule has 1 aliphatic rings. The standard InChI is InChI=1S/C18H18N2O3/c21-17(13-5-2-1-3-6-13)15-7-4-10-20(12-15)16-9-8-14(11-19-16)18(22)23/h1-3,5-6,8-9,11,15H,4,7,10,12H2,(H,22,23). The molecule has 2 aromatic rings. The van der Waals surface area contributed by atoms with Crippen LogP contribution in [0.25, 0.3) is 0 Å². The van der Waals surface area contributed by atoms with Crippen molar-refractivity contribution in [2.75, 3.05) is 18.0 Å². The van der Waals surface area contributed by atoms with Crippen molar-refractivity contribution in [2.45, 2.75) is 12.8 Å². The summed E-state index contributed by atoms with van der Waals surface area (Å²) in [6.07, 6.45) is 3.16. The Hall–Kier alpha value is -2.69. The molecule has 0 aliphatic carbocycles. The minimum Gasteiger partial charge on any atom is -0.478 e. The Bertz CT molecular complexity index is 698. The van der Waals surface area contributed by atoms with Gasteiger partial charge < -0.3 is 10.0 Å². The smallest absolute Gasteiger partial charge is 0.337 e. The lowest BCUT2D eigenvalue weighted by molar-refractivity contribution is 0.0696. The van der Waals surface area contributed by atoms with Crippen LogP contribution in [0.2, 0.25) is 0 Å². The van der Waals surface area contributed by atoms with Crippen LogP contribution in [0.1, 0.15) is 33.6 Å². The first kappa shape index (κ1) is 15.2. The molecule has 0 spiro atoms. The summed E-state index contributed by atoms with van der Waals surface area (Å²) in [6.45, 7) is 1.45. The number of carboxylic acid groups (broad SMARTS) is 1. The number of hydrogen-bond donors (Lipinski definition) is 1. The van der Waals surface area contributed by atoms with Gasteiger partial charge in [0.25, 0.3) is 0 Å². The lowest BCUT2D eigenvalue weighted by Gasteiger charge is -2.33. The fourth-order valence-corrected chi connectivity index (χ4v) is 2.94. The number of carbonyl (C=O) groups excluding carboxylic acids is 1. The predicted molar refractivity (Wildman–Crippen MR) is 86.9 cm³/mol. The molecular weight excluding hydrogens is 292 g/mol. The number of pyridine rings is 1. The first-order chi connectivity index (χ1) is 11.1. The summed E-state index contributed by atoms with van der Waals surface area (Å²) in [5.74, 6) is -0.148. The first-order valence-corrected chi connectivity index (χ1v) is 7.68. The van der Waals surface area contributed by atoms with Crippen LogP contribution in [0.4, 0.5) is 5.82 Å². The maximum atomic E-state index is 12.6. The van der Waals surface area contributed by atoms with E-state index in [1.54, 1.807) is 12.1 Å². The molecular formula is C18H18N2O3. The van der Waals surface area contributed by atoms with Gasteiger partial charge in [0.15, 0.2) is 5.78 Å². The number of Topliss-reactive ketones (excluding diaryl/α,β-unsaturated/α-hetero) is 1. The molecule has 118 valence electrons. The van der Waals surface area contributed by atoms with Crippen molar-refractivity contribution >= 4 is 17.6 Å². The molecule has 5 heteroatoms. The lowest BCUT2D eigenvalue weighted by Crippen LogP contribution is -2.39. The molecule has 0 amide bonds. The van der Waals surface area contributed by atoms with Gasteiger partial charge in [0.1, 0.15) is 5.82 Å². The summed E-state index contributed by atoms with van der Waals surface area (Å²) < 4.78 is 0. The van der Waals surface area contributed by atoms with Gasteiger partial charge in [-0.05, 0) is 25.0 Å². The van der Waals surface area contributed by atoms with Crippen LogP contribution >= 0.6 is 0 Å². The Balaban J connectivity index is 1.73. The van der Waals surface area contributed by atoms with E-state index in [0.717, 1.165) is 30.8 Å². The fraction of sp³-hybridized carbons (Fsp3) is 0.278. The summed E-state index contributed by atoms with van der Waals surface area (Å²) in [5, 5.41) is 8.93. The van der Waals surface area contributed by atoms with E-state index in [1.165, 1.54) is 6.20 Å². The Labute approximate surface area is 134 Å². The molecule has 1 aliphatic heterocycles. The molecule has 1 saturated heterocycles. The van der Waals surface area contributed by atoms with E-state index in [9.17, 15) is 9.59 Å². The van der Waals surface area contributed by atoms with Crippen molar-refractivity contribution in [1.82, 2.24) is 4.98 Å². The van der Waals surface area contributed by atoms with Crippen molar-refractivity contribution in [1.29, 1.82) is 0 Å². The Morgan fingerprint density at radius 1 is 1.09 bits per heavy atom. The van der Waals surface area contributed by atoms with Gasteiger partial charge in [-0.1, -0.05) is 30.3 Å². The molecule has 1 fully saturated rings. The predicted octanol–water partition coefficient (Wildman–Crippen LogP) is 2.88. The number of nitrogens with zero attached hydrogens (tertiary/aromatic N) is 2. The summed E-state index contributed by atoms with van der Waals surface area (Å²) in [4.78, 5) is 29.8. The number of anilines is 1. The molecule has 1 aromatic heterocycles. The summed E-state index contributed by atoms with van der Waals surface area (Å²) >= 11 is 0. The van der Waals surface area contributed by atoms with Crippen LogP contribution in [0.3, 0.4) is 0 Å². The monoisotopic (exact) mass is 310 g/mol. The molecule has 0 bridgehead atoms. The minimum absolute atomic E-state index is 0.0490. The van der Waals surface area contributed by atoms with Gasteiger partial charge in [-0.2, -0.15) is 0 Å². The van der Waals surface area contributed by atoms with Gasteiger partial charge in [-0.15, -0.1) is 0 Å². The third-order valence-corrected chi connectivity index (χ3v) is 4.17. The van der Waals surface area contributed by atoms with Crippen LogP contribution < -0.4 is 4.90 Å². The molecule has 2 heterocycles. The quantitative estimate of drug-likeness (QED) is 0.879. The maximum absolute atomic E-state index is 12.6. The van der Waals surface area contributed by atoms with Crippen LogP contribution in [-0.2, 0) is 0 Å². The zero-order valence-corrected chi connectivity index (χ0v) is 12.7. The number of ketones is 1. The summed E-state index contributed by atoms with van der Waals surface area (Å²) in [7, 11) is 0. The summed E-state index contributed by atoms with van der Waals surface area (Å²) in [5.41, 5.74) is 0.913. The average Bonchev–Trinajstić information content (AvgIpc) is 2.62. The molecule has 1 aromatic carbocycles. The van der Waals surface area contributed by atoms with Gasteiger partial charge in [0, 0.05) is 30.8 Å². The SMILES string of the molecule is O=C(O)c1ccc(N2CCCC(C(=O)c3ccccc3)C2)nc1. The Morgan fingerprint density at radius 3 is 2.52 bits per heavy atom. The van der Waals surface area contributed by atoms with Gasteiger partial charge in [-0.3, -0.25) is 4.79 Å². The molecule has 5 nitrogen and oxygen atoms in total. The molecule has 0 saturated carbocycles. The molecule has 3 rings (SSSR count). The average molecular weight is 310 g/mol. The number of carbonyl (C=O) groups is 2. The summed E-state index contributed by atoms with van der Waals surface area (Å²) in [6, 6.07) is 12.6. The fourth-order valence-electron chi connectivity index (χ4n) is 2.94. The van der Waals surface area contributed by atoms with Crippen LogP contribution in [-0.4, -0.2) is 34.9 Å². The zero-order valence-electron chi connectivity index (χ0n) is 12.7. The highest BCUT2D eigenvalue weighted by Gasteiger charge is 2.27. The van der Waals surface area contributed by atoms with Gasteiger partial charge in [0.05, 0.1) is 5.56 Å². The third kappa shape index (κ3) is 3.39. The lowest BCUT2D eigenvalue weighted by atomic mass is 9.90. The van der Waals surface area contributed by atoms with Gasteiger partial charge in [-0.25, -0.2) is 9.78 Å². The van der Waals surface area contributed by atoms with Crippen LogP contribution in [0, 0.1) is 5.92 Å². The Morgan fingerprint density at radius 2 is 1.87 bits per heavy atom. The largest absolute Gasteiger partial charge is 0.478 e. The van der Waals surface area contributed by atoms with Crippen molar-refractivity contribution in [3.8, 4) is 0 Å². The number of aromatic nitrogens is 1. The highest BCUT2D eigenvalue weighted by molar-refractivity contribution is 5.98. The second-order valence-electron chi connectivity index (χ2n) is 5.73. The zero-order chi connectivity index (χ0) is 16.2. The van der Waals surface area contributed by atoms with Crippen LogP contribution in [0.5, 0.6) is 0 Å². The second-order valence-corrected chi connectivity index (χ2v) is 5.73. The number of aromatic carboxylic acids is 1. The van der Waals surface area contributed by atoms with Crippen molar-refractivity contribution in [3.05, 3.63) is 59.8 Å². The van der Waals surface area contributed by atoms with Crippen LogP contribution in [0.15, 0.2) is 48.7 Å². The van der Waals surface area contributed by atoms with Gasteiger partial charge in [0.2, 0.25) is 0 Å². The van der Waals surface area contributed by atoms with E-state index in [1.807, 2.05) is 30.3 Å². The Kier molecular flexibility index (Phi) is 4.37. The maximum Gasteiger partial charge on any atom is 0.337 e. The number of carboxylic acids is 1. The van der Waals surface area contributed by atoms with E-state index in [2.05, 4.69) is 9.88 Å². The molecule has 1 atom stereocenters. The van der Waals surface area contributed by atoms with Crippen molar-refractivity contribution in [2.24, 2.45) is 5.92 Å². The first-order valence-electron chi connectivity index (χ1n) is 7.68. The van der Waals surface area contributed by atoms with Crippen molar-refractivity contribution in [3.63, 3.8) is 0 Å².